The monoisotopic (exact) mass is 407 g/mol. The lowest BCUT2D eigenvalue weighted by Crippen LogP contribution is -2.22. The van der Waals surface area contributed by atoms with E-state index in [1.165, 1.54) is 25.1 Å². The van der Waals surface area contributed by atoms with Gasteiger partial charge in [0.1, 0.15) is 11.5 Å². The van der Waals surface area contributed by atoms with E-state index in [0.717, 1.165) is 6.07 Å². The van der Waals surface area contributed by atoms with E-state index in [9.17, 15) is 22.8 Å². The number of fused-ring (bicyclic) bond motifs is 1. The number of hydrogen-bond acceptors (Lipinski definition) is 4. The summed E-state index contributed by atoms with van der Waals surface area (Å²) in [7, 11) is 0. The number of carboxylic acid groups (broad SMARTS) is 1. The molecule has 0 spiro atoms. The van der Waals surface area contributed by atoms with Crippen LogP contribution < -0.4 is 9.47 Å². The third-order valence-electron chi connectivity index (χ3n) is 4.31. The van der Waals surface area contributed by atoms with Crippen LogP contribution in [0.15, 0.2) is 42.5 Å². The molecule has 1 N–H and O–H groups in total. The molecule has 29 heavy (non-hydrogen) atoms. The van der Waals surface area contributed by atoms with Crippen LogP contribution in [0, 0.1) is 6.92 Å². The number of ether oxygens (including phenoxy) is 2. The van der Waals surface area contributed by atoms with Gasteiger partial charge in [0.15, 0.2) is 12.4 Å². The van der Waals surface area contributed by atoms with Gasteiger partial charge in [0, 0.05) is 34.5 Å². The fourth-order valence-corrected chi connectivity index (χ4v) is 3.05. The van der Waals surface area contributed by atoms with Crippen LogP contribution in [0.25, 0.3) is 16.6 Å². The molecule has 0 amide bonds. The van der Waals surface area contributed by atoms with Gasteiger partial charge < -0.3 is 19.1 Å². The Bertz CT molecular complexity index is 1090. The van der Waals surface area contributed by atoms with Gasteiger partial charge in [0.2, 0.25) is 0 Å². The van der Waals surface area contributed by atoms with E-state index in [2.05, 4.69) is 4.74 Å². The normalized spacial score (nSPS) is 12.6. The van der Waals surface area contributed by atoms with Gasteiger partial charge in [-0.2, -0.15) is 0 Å². The Labute approximate surface area is 163 Å². The van der Waals surface area contributed by atoms with Crippen LogP contribution in [0.5, 0.6) is 11.5 Å². The lowest BCUT2D eigenvalue weighted by molar-refractivity contribution is -0.274. The summed E-state index contributed by atoms with van der Waals surface area (Å²) < 4.78 is 48.8. The molecule has 0 saturated heterocycles. The number of aldehydes is 1. The SMILES string of the molecule is Cc1c(C=O)c2ccc(OC(F)(F)F)cc2n1-c1cccc(O[C@H](C)C(=O)O)c1. The van der Waals surface area contributed by atoms with Gasteiger partial charge in [-0.15, -0.1) is 13.2 Å². The molecule has 1 aromatic heterocycles. The third-order valence-corrected chi connectivity index (χ3v) is 4.31. The van der Waals surface area contributed by atoms with Crippen LogP contribution in [-0.4, -0.2) is 34.4 Å². The van der Waals surface area contributed by atoms with Gasteiger partial charge in [-0.3, -0.25) is 4.79 Å². The summed E-state index contributed by atoms with van der Waals surface area (Å²) in [5.41, 5.74) is 1.64. The lowest BCUT2D eigenvalue weighted by atomic mass is 10.1. The summed E-state index contributed by atoms with van der Waals surface area (Å²) in [5.74, 6) is -1.31. The Hall–Kier alpha value is -3.49. The Morgan fingerprint density at radius 1 is 1.17 bits per heavy atom. The summed E-state index contributed by atoms with van der Waals surface area (Å²) >= 11 is 0. The molecule has 0 radical (unpaired) electrons. The van der Waals surface area contributed by atoms with Crippen molar-refractivity contribution in [3.63, 3.8) is 0 Å². The first-order valence-corrected chi connectivity index (χ1v) is 8.46. The van der Waals surface area contributed by atoms with E-state index in [0.29, 0.717) is 34.1 Å². The molecular weight excluding hydrogens is 391 g/mol. The van der Waals surface area contributed by atoms with Crippen molar-refractivity contribution in [1.29, 1.82) is 0 Å². The Morgan fingerprint density at radius 2 is 1.90 bits per heavy atom. The molecular formula is C20H16F3NO5. The molecule has 0 aliphatic carbocycles. The fraction of sp³-hybridized carbons (Fsp3) is 0.200. The maximum absolute atomic E-state index is 12.6. The van der Waals surface area contributed by atoms with Crippen molar-refractivity contribution in [2.24, 2.45) is 0 Å². The number of halogens is 3. The largest absolute Gasteiger partial charge is 0.573 e. The second-order valence-electron chi connectivity index (χ2n) is 6.27. The molecule has 152 valence electrons. The number of alkyl halides is 3. The second kappa shape index (κ2) is 7.50. The number of benzene rings is 2. The van der Waals surface area contributed by atoms with Gasteiger partial charge >= 0.3 is 12.3 Å². The predicted octanol–water partition coefficient (Wildman–Crippen LogP) is 4.50. The topological polar surface area (TPSA) is 77.8 Å². The van der Waals surface area contributed by atoms with Gasteiger partial charge in [-0.25, -0.2) is 4.79 Å². The van der Waals surface area contributed by atoms with Crippen LogP contribution in [0.3, 0.4) is 0 Å². The van der Waals surface area contributed by atoms with Crippen molar-refractivity contribution in [2.45, 2.75) is 26.3 Å². The molecule has 3 aromatic rings. The first kappa shape index (κ1) is 20.2. The number of nitrogens with zero attached hydrogens (tertiary/aromatic N) is 1. The highest BCUT2D eigenvalue weighted by molar-refractivity contribution is 6.00. The van der Waals surface area contributed by atoms with E-state index in [1.807, 2.05) is 0 Å². The summed E-state index contributed by atoms with van der Waals surface area (Å²) in [6.45, 7) is 3.03. The average Bonchev–Trinajstić information content (AvgIpc) is 2.90. The van der Waals surface area contributed by atoms with E-state index >= 15 is 0 Å². The van der Waals surface area contributed by atoms with Crippen molar-refractivity contribution >= 4 is 23.2 Å². The molecule has 1 heterocycles. The van der Waals surface area contributed by atoms with Gasteiger partial charge in [0.25, 0.3) is 0 Å². The zero-order chi connectivity index (χ0) is 21.3. The highest BCUT2D eigenvalue weighted by atomic mass is 19.4. The Morgan fingerprint density at radius 3 is 2.52 bits per heavy atom. The molecule has 2 aromatic carbocycles. The molecule has 9 heteroatoms. The number of rotatable bonds is 6. The number of carbonyl (C=O) groups is 2. The maximum Gasteiger partial charge on any atom is 0.573 e. The average molecular weight is 407 g/mol. The van der Waals surface area contributed by atoms with Gasteiger partial charge in [-0.1, -0.05) is 6.07 Å². The second-order valence-corrected chi connectivity index (χ2v) is 6.27. The van der Waals surface area contributed by atoms with Crippen molar-refractivity contribution in [3.8, 4) is 17.2 Å². The zero-order valence-electron chi connectivity index (χ0n) is 15.4. The van der Waals surface area contributed by atoms with Crippen molar-refractivity contribution in [3.05, 3.63) is 53.7 Å². The number of aromatic nitrogens is 1. The van der Waals surface area contributed by atoms with E-state index in [4.69, 9.17) is 9.84 Å². The number of aliphatic carboxylic acids is 1. The standard InChI is InChI=1S/C20H16F3NO5/c1-11-17(10-25)16-7-6-15(29-20(21,22)23)9-18(16)24(11)13-4-3-5-14(8-13)28-12(2)19(26)27/h3-10,12H,1-2H3,(H,26,27)/t12-/m1/s1. The number of hydrogen-bond donors (Lipinski definition) is 1. The van der Waals surface area contributed by atoms with Crippen LogP contribution in [0.1, 0.15) is 23.0 Å². The van der Waals surface area contributed by atoms with Crippen LogP contribution in [0.4, 0.5) is 13.2 Å². The quantitative estimate of drug-likeness (QED) is 0.609. The van der Waals surface area contributed by atoms with E-state index in [1.54, 1.807) is 29.7 Å². The number of carbonyl (C=O) groups excluding carboxylic acids is 1. The fourth-order valence-electron chi connectivity index (χ4n) is 3.05. The van der Waals surface area contributed by atoms with Crippen LogP contribution >= 0.6 is 0 Å². The third kappa shape index (κ3) is 4.18. The van der Waals surface area contributed by atoms with Crippen LogP contribution in [0.2, 0.25) is 0 Å². The molecule has 0 saturated carbocycles. The van der Waals surface area contributed by atoms with Crippen molar-refractivity contribution < 1.29 is 37.3 Å². The minimum atomic E-state index is -4.85. The molecule has 0 unspecified atom stereocenters. The summed E-state index contributed by atoms with van der Waals surface area (Å²) in [4.78, 5) is 22.6. The van der Waals surface area contributed by atoms with Gasteiger partial charge in [0.05, 0.1) is 5.52 Å². The Balaban J connectivity index is 2.15. The molecule has 0 aliphatic heterocycles. The minimum absolute atomic E-state index is 0.258. The first-order chi connectivity index (χ1) is 13.6. The highest BCUT2D eigenvalue weighted by Gasteiger charge is 2.31. The predicted molar refractivity (Wildman–Crippen MR) is 97.8 cm³/mol. The molecule has 1 atom stereocenters. The lowest BCUT2D eigenvalue weighted by Gasteiger charge is -2.14. The molecule has 0 aliphatic rings. The smallest absolute Gasteiger partial charge is 0.479 e. The van der Waals surface area contributed by atoms with E-state index < -0.39 is 24.2 Å². The number of carboxylic acids is 1. The van der Waals surface area contributed by atoms with Crippen molar-refractivity contribution in [2.75, 3.05) is 0 Å². The van der Waals surface area contributed by atoms with E-state index in [-0.39, 0.29) is 5.75 Å². The molecule has 0 fully saturated rings. The molecule has 0 bridgehead atoms. The molecule has 3 rings (SSSR count). The molecule has 6 nitrogen and oxygen atoms in total. The van der Waals surface area contributed by atoms with Crippen LogP contribution in [-0.2, 0) is 4.79 Å². The van der Waals surface area contributed by atoms with Gasteiger partial charge in [-0.05, 0) is 38.1 Å². The first-order valence-electron chi connectivity index (χ1n) is 8.46. The zero-order valence-corrected chi connectivity index (χ0v) is 15.4. The summed E-state index contributed by atoms with van der Waals surface area (Å²) in [6, 6.07) is 10.1. The Kier molecular flexibility index (Phi) is 5.23. The maximum atomic E-state index is 12.6. The summed E-state index contributed by atoms with van der Waals surface area (Å²) in [6.07, 6.45) is -5.32. The van der Waals surface area contributed by atoms with Crippen molar-refractivity contribution in [1.82, 2.24) is 4.57 Å². The summed E-state index contributed by atoms with van der Waals surface area (Å²) in [5, 5.41) is 9.45. The minimum Gasteiger partial charge on any atom is -0.479 e. The highest BCUT2D eigenvalue weighted by Crippen LogP contribution is 2.33.